The highest BCUT2D eigenvalue weighted by Crippen LogP contribution is 2.14. The lowest BCUT2D eigenvalue weighted by Gasteiger charge is -2.03. The molecule has 1 aromatic heterocycles. The van der Waals surface area contributed by atoms with Gasteiger partial charge in [-0.05, 0) is 31.2 Å². The van der Waals surface area contributed by atoms with Gasteiger partial charge in [-0.25, -0.2) is 0 Å². The van der Waals surface area contributed by atoms with E-state index in [1.165, 1.54) is 0 Å². The van der Waals surface area contributed by atoms with Crippen molar-refractivity contribution < 1.29 is 4.79 Å². The summed E-state index contributed by atoms with van der Waals surface area (Å²) in [4.78, 5) is 11.4. The standard InChI is InChI=1S/C10H13N5O/c11-5-1-2-10(16)12-7-3-4-8-9(6-7)14-15-13-8/h3-4,6H,1-2,5,11H2,(H,12,16)(H,13,14,15). The number of nitrogens with two attached hydrogens (primary N) is 1. The molecule has 0 aliphatic rings. The molecule has 0 unspecified atom stereocenters. The molecule has 0 saturated heterocycles. The fraction of sp³-hybridized carbons (Fsp3) is 0.300. The summed E-state index contributed by atoms with van der Waals surface area (Å²) < 4.78 is 0. The Balaban J connectivity index is 2.06. The summed E-state index contributed by atoms with van der Waals surface area (Å²) in [5.41, 5.74) is 7.56. The van der Waals surface area contributed by atoms with Crippen molar-refractivity contribution in [3.05, 3.63) is 18.2 Å². The molecule has 0 aliphatic carbocycles. The second kappa shape index (κ2) is 4.71. The molecule has 1 amide bonds. The van der Waals surface area contributed by atoms with Crippen molar-refractivity contribution in [2.24, 2.45) is 5.73 Å². The molecule has 84 valence electrons. The molecular formula is C10H13N5O. The first-order chi connectivity index (χ1) is 7.79. The first-order valence-corrected chi connectivity index (χ1v) is 5.10. The van der Waals surface area contributed by atoms with Gasteiger partial charge in [-0.1, -0.05) is 0 Å². The molecule has 16 heavy (non-hydrogen) atoms. The monoisotopic (exact) mass is 219 g/mol. The maximum absolute atomic E-state index is 11.4. The summed E-state index contributed by atoms with van der Waals surface area (Å²) in [5, 5.41) is 13.2. The predicted octanol–water partition coefficient (Wildman–Crippen LogP) is 0.635. The molecule has 1 heterocycles. The molecule has 2 rings (SSSR count). The van der Waals surface area contributed by atoms with Crippen molar-refractivity contribution in [3.8, 4) is 0 Å². The molecule has 0 spiro atoms. The number of aromatic nitrogens is 3. The van der Waals surface area contributed by atoms with Gasteiger partial charge in [-0.3, -0.25) is 4.79 Å². The van der Waals surface area contributed by atoms with Gasteiger partial charge in [0.25, 0.3) is 0 Å². The summed E-state index contributed by atoms with van der Waals surface area (Å²) in [7, 11) is 0. The van der Waals surface area contributed by atoms with Crippen LogP contribution in [0.25, 0.3) is 11.0 Å². The number of fused-ring (bicyclic) bond motifs is 1. The van der Waals surface area contributed by atoms with Gasteiger partial charge in [0.05, 0.1) is 0 Å². The van der Waals surface area contributed by atoms with Gasteiger partial charge in [0, 0.05) is 12.1 Å². The average Bonchev–Trinajstić information content (AvgIpc) is 2.73. The maximum atomic E-state index is 11.4. The van der Waals surface area contributed by atoms with Crippen LogP contribution in [0, 0.1) is 0 Å². The Hall–Kier alpha value is -1.95. The van der Waals surface area contributed by atoms with Crippen LogP contribution in [0.1, 0.15) is 12.8 Å². The third-order valence-electron chi connectivity index (χ3n) is 2.21. The van der Waals surface area contributed by atoms with E-state index in [-0.39, 0.29) is 5.91 Å². The second-order valence-electron chi connectivity index (χ2n) is 3.47. The quantitative estimate of drug-likeness (QED) is 0.702. The number of amides is 1. The molecule has 1 aromatic carbocycles. The van der Waals surface area contributed by atoms with Crippen molar-refractivity contribution >= 4 is 22.6 Å². The van der Waals surface area contributed by atoms with E-state index in [1.807, 2.05) is 0 Å². The number of carbonyl (C=O) groups excluding carboxylic acids is 1. The lowest BCUT2D eigenvalue weighted by molar-refractivity contribution is -0.116. The highest BCUT2D eigenvalue weighted by atomic mass is 16.1. The topological polar surface area (TPSA) is 96.7 Å². The van der Waals surface area contributed by atoms with E-state index < -0.39 is 0 Å². The zero-order valence-corrected chi connectivity index (χ0v) is 8.73. The number of hydrogen-bond donors (Lipinski definition) is 3. The summed E-state index contributed by atoms with van der Waals surface area (Å²) in [5.74, 6) is -0.0340. The normalized spacial score (nSPS) is 10.6. The second-order valence-corrected chi connectivity index (χ2v) is 3.47. The fourth-order valence-electron chi connectivity index (χ4n) is 1.40. The van der Waals surface area contributed by atoms with E-state index in [0.29, 0.717) is 19.4 Å². The Bertz CT molecular complexity index is 493. The van der Waals surface area contributed by atoms with E-state index in [1.54, 1.807) is 18.2 Å². The highest BCUT2D eigenvalue weighted by Gasteiger charge is 2.03. The Morgan fingerprint density at radius 1 is 1.38 bits per heavy atom. The van der Waals surface area contributed by atoms with Gasteiger partial charge in [0.2, 0.25) is 5.91 Å². The van der Waals surface area contributed by atoms with E-state index in [4.69, 9.17) is 5.73 Å². The third kappa shape index (κ3) is 2.34. The number of rotatable bonds is 4. The minimum absolute atomic E-state index is 0.0340. The van der Waals surface area contributed by atoms with Crippen LogP contribution < -0.4 is 11.1 Å². The van der Waals surface area contributed by atoms with Crippen LogP contribution in [0.4, 0.5) is 5.69 Å². The minimum atomic E-state index is -0.0340. The van der Waals surface area contributed by atoms with Gasteiger partial charge >= 0.3 is 0 Å². The number of nitrogens with zero attached hydrogens (tertiary/aromatic N) is 2. The fourth-order valence-corrected chi connectivity index (χ4v) is 1.40. The Kier molecular flexibility index (Phi) is 3.11. The van der Waals surface area contributed by atoms with E-state index in [0.717, 1.165) is 16.7 Å². The van der Waals surface area contributed by atoms with E-state index >= 15 is 0 Å². The van der Waals surface area contributed by atoms with E-state index in [9.17, 15) is 4.79 Å². The first-order valence-electron chi connectivity index (χ1n) is 5.10. The maximum Gasteiger partial charge on any atom is 0.224 e. The number of carbonyl (C=O) groups is 1. The molecule has 2 aromatic rings. The molecule has 6 nitrogen and oxygen atoms in total. The number of anilines is 1. The SMILES string of the molecule is NCCCC(=O)Nc1ccc2n[nH]nc2c1. The smallest absolute Gasteiger partial charge is 0.224 e. The van der Waals surface area contributed by atoms with Gasteiger partial charge in [0.15, 0.2) is 0 Å². The van der Waals surface area contributed by atoms with Crippen molar-refractivity contribution in [2.45, 2.75) is 12.8 Å². The van der Waals surface area contributed by atoms with Crippen LogP contribution in [0.3, 0.4) is 0 Å². The first kappa shape index (κ1) is 10.6. The van der Waals surface area contributed by atoms with Gasteiger partial charge < -0.3 is 11.1 Å². The lowest BCUT2D eigenvalue weighted by Crippen LogP contribution is -2.13. The Morgan fingerprint density at radius 2 is 2.19 bits per heavy atom. The van der Waals surface area contributed by atoms with Crippen molar-refractivity contribution in [1.29, 1.82) is 0 Å². The predicted molar refractivity (Wildman–Crippen MR) is 60.8 cm³/mol. The van der Waals surface area contributed by atoms with E-state index in [2.05, 4.69) is 20.7 Å². The number of hydrogen-bond acceptors (Lipinski definition) is 4. The number of benzene rings is 1. The van der Waals surface area contributed by atoms with Crippen LogP contribution in [-0.2, 0) is 4.79 Å². The molecule has 0 bridgehead atoms. The van der Waals surface area contributed by atoms with Crippen molar-refractivity contribution in [1.82, 2.24) is 15.4 Å². The van der Waals surface area contributed by atoms with Gasteiger partial charge in [-0.2, -0.15) is 15.4 Å². The molecule has 6 heteroatoms. The molecule has 0 aliphatic heterocycles. The number of H-pyrrole nitrogens is 1. The van der Waals surface area contributed by atoms with Gasteiger partial charge in [-0.15, -0.1) is 0 Å². The Labute approximate surface area is 92.2 Å². The van der Waals surface area contributed by atoms with Crippen LogP contribution in [0.2, 0.25) is 0 Å². The van der Waals surface area contributed by atoms with Gasteiger partial charge in [0.1, 0.15) is 11.0 Å². The molecule has 0 fully saturated rings. The largest absolute Gasteiger partial charge is 0.330 e. The number of nitrogens with one attached hydrogen (secondary N) is 2. The molecule has 0 atom stereocenters. The molecule has 4 N–H and O–H groups in total. The van der Waals surface area contributed by atoms with Crippen molar-refractivity contribution in [3.63, 3.8) is 0 Å². The lowest BCUT2D eigenvalue weighted by atomic mass is 10.2. The zero-order chi connectivity index (χ0) is 11.4. The molecule has 0 saturated carbocycles. The molecule has 0 radical (unpaired) electrons. The third-order valence-corrected chi connectivity index (χ3v) is 2.21. The van der Waals surface area contributed by atoms with Crippen LogP contribution >= 0.6 is 0 Å². The molecular weight excluding hydrogens is 206 g/mol. The van der Waals surface area contributed by atoms with Crippen LogP contribution in [0.5, 0.6) is 0 Å². The number of aromatic amines is 1. The highest BCUT2D eigenvalue weighted by molar-refractivity contribution is 5.92. The summed E-state index contributed by atoms with van der Waals surface area (Å²) in [6, 6.07) is 5.38. The van der Waals surface area contributed by atoms with Crippen LogP contribution in [0.15, 0.2) is 18.2 Å². The average molecular weight is 219 g/mol. The Morgan fingerprint density at radius 3 is 3.00 bits per heavy atom. The van der Waals surface area contributed by atoms with Crippen LogP contribution in [-0.4, -0.2) is 27.9 Å². The van der Waals surface area contributed by atoms with Crippen molar-refractivity contribution in [2.75, 3.05) is 11.9 Å². The summed E-state index contributed by atoms with van der Waals surface area (Å²) in [6.07, 6.45) is 1.13. The minimum Gasteiger partial charge on any atom is -0.330 e. The summed E-state index contributed by atoms with van der Waals surface area (Å²) >= 11 is 0. The zero-order valence-electron chi connectivity index (χ0n) is 8.73. The summed E-state index contributed by atoms with van der Waals surface area (Å²) in [6.45, 7) is 0.524.